The first-order valence-electron chi connectivity index (χ1n) is 5.58. The fourth-order valence-corrected chi connectivity index (χ4v) is 3.07. The van der Waals surface area contributed by atoms with Crippen LogP contribution in [0.15, 0.2) is 24.3 Å². The van der Waals surface area contributed by atoms with Crippen LogP contribution >= 0.6 is 0 Å². The summed E-state index contributed by atoms with van der Waals surface area (Å²) >= 11 is 0. The van der Waals surface area contributed by atoms with Crippen molar-refractivity contribution in [1.29, 1.82) is 0 Å². The van der Waals surface area contributed by atoms with E-state index >= 15 is 0 Å². The Morgan fingerprint density at radius 3 is 2.72 bits per heavy atom. The van der Waals surface area contributed by atoms with Gasteiger partial charge in [0.1, 0.15) is 5.82 Å². The molecule has 0 bridgehead atoms. The highest BCUT2D eigenvalue weighted by atomic mass is 32.2. The Hall–Kier alpha value is -1.05. The predicted molar refractivity (Wildman–Crippen MR) is 63.1 cm³/mol. The summed E-state index contributed by atoms with van der Waals surface area (Å²) in [5.41, 5.74) is 0.454. The Balaban J connectivity index is 2.29. The van der Waals surface area contributed by atoms with Crippen molar-refractivity contribution < 1.29 is 17.2 Å². The Bertz CT molecular complexity index is 536. The highest BCUT2D eigenvalue weighted by molar-refractivity contribution is 7.86. The van der Waals surface area contributed by atoms with Gasteiger partial charge in [-0.1, -0.05) is 12.1 Å². The molecule has 0 aromatic heterocycles. The normalized spacial score (nSPS) is 26.2. The zero-order chi connectivity index (χ0) is 13.3. The van der Waals surface area contributed by atoms with Crippen LogP contribution in [0.2, 0.25) is 0 Å². The fourth-order valence-electron chi connectivity index (χ4n) is 2.26. The minimum Gasteiger partial charge on any atom is -0.228 e. The molecule has 7 heteroatoms. The Morgan fingerprint density at radius 1 is 1.39 bits per heavy atom. The number of alkyl halides is 1. The zero-order valence-corrected chi connectivity index (χ0v) is 10.4. The highest BCUT2D eigenvalue weighted by Crippen LogP contribution is 2.34. The van der Waals surface area contributed by atoms with Crippen molar-refractivity contribution in [3.05, 3.63) is 35.6 Å². The van der Waals surface area contributed by atoms with E-state index in [9.17, 15) is 17.2 Å². The standard InChI is InChI=1S/C11H14F2N2O2S/c12-9-4-1-3-8(7-9)10-5-2-6-15(11(10)13)18(14,16)17/h1,3-4,7,10-11H,2,5-6H2,(H2,14,16,17). The van der Waals surface area contributed by atoms with Gasteiger partial charge in [-0.05, 0) is 30.5 Å². The van der Waals surface area contributed by atoms with Crippen molar-refractivity contribution in [2.24, 2.45) is 5.14 Å². The summed E-state index contributed by atoms with van der Waals surface area (Å²) in [4.78, 5) is 0. The topological polar surface area (TPSA) is 63.4 Å². The molecule has 18 heavy (non-hydrogen) atoms. The number of piperidine rings is 1. The van der Waals surface area contributed by atoms with Crippen LogP contribution in [0.1, 0.15) is 24.3 Å². The van der Waals surface area contributed by atoms with E-state index < -0.39 is 28.2 Å². The first kappa shape index (κ1) is 13.4. The maximum Gasteiger partial charge on any atom is 0.279 e. The third-order valence-electron chi connectivity index (χ3n) is 3.10. The molecule has 0 radical (unpaired) electrons. The largest absolute Gasteiger partial charge is 0.279 e. The van der Waals surface area contributed by atoms with E-state index in [4.69, 9.17) is 5.14 Å². The Labute approximate surface area is 105 Å². The number of halogens is 2. The molecule has 2 unspecified atom stereocenters. The van der Waals surface area contributed by atoms with Gasteiger partial charge in [0.25, 0.3) is 10.2 Å². The number of rotatable bonds is 2. The summed E-state index contributed by atoms with van der Waals surface area (Å²) in [5.74, 6) is -1.14. The van der Waals surface area contributed by atoms with E-state index in [0.717, 1.165) is 0 Å². The van der Waals surface area contributed by atoms with Crippen LogP contribution in [0.25, 0.3) is 0 Å². The zero-order valence-electron chi connectivity index (χ0n) is 9.59. The molecule has 4 nitrogen and oxygen atoms in total. The van der Waals surface area contributed by atoms with E-state index in [-0.39, 0.29) is 6.54 Å². The molecule has 1 fully saturated rings. The molecule has 1 aliphatic rings. The summed E-state index contributed by atoms with van der Waals surface area (Å²) in [7, 11) is -4.06. The second kappa shape index (κ2) is 4.91. The summed E-state index contributed by atoms with van der Waals surface area (Å²) in [5, 5.41) is 4.95. The molecule has 0 spiro atoms. The molecule has 2 atom stereocenters. The van der Waals surface area contributed by atoms with Gasteiger partial charge in [-0.25, -0.2) is 13.9 Å². The fraction of sp³-hybridized carbons (Fsp3) is 0.455. The van der Waals surface area contributed by atoms with Gasteiger partial charge in [0.2, 0.25) is 0 Å². The minimum absolute atomic E-state index is 0.0613. The van der Waals surface area contributed by atoms with Crippen LogP contribution in [0, 0.1) is 5.82 Å². The lowest BCUT2D eigenvalue weighted by Crippen LogP contribution is -2.48. The summed E-state index contributed by atoms with van der Waals surface area (Å²) in [6, 6.07) is 5.56. The first-order valence-corrected chi connectivity index (χ1v) is 7.09. The second-order valence-corrected chi connectivity index (χ2v) is 5.83. The lowest BCUT2D eigenvalue weighted by atomic mass is 9.90. The molecule has 0 amide bonds. The molecule has 1 saturated heterocycles. The molecule has 1 aliphatic heterocycles. The first-order chi connectivity index (χ1) is 8.39. The van der Waals surface area contributed by atoms with Crippen LogP contribution < -0.4 is 5.14 Å². The van der Waals surface area contributed by atoms with Crippen LogP contribution in [0.3, 0.4) is 0 Å². The van der Waals surface area contributed by atoms with Crippen molar-refractivity contribution in [1.82, 2.24) is 4.31 Å². The Kier molecular flexibility index (Phi) is 3.65. The van der Waals surface area contributed by atoms with Crippen molar-refractivity contribution in [3.63, 3.8) is 0 Å². The van der Waals surface area contributed by atoms with E-state index in [2.05, 4.69) is 0 Å². The summed E-state index contributed by atoms with van der Waals surface area (Å²) < 4.78 is 50.4. The maximum atomic E-state index is 14.2. The minimum atomic E-state index is -4.06. The SMILES string of the molecule is NS(=O)(=O)N1CCCC(c2cccc(F)c2)C1F. The van der Waals surface area contributed by atoms with Crippen LogP contribution in [0.4, 0.5) is 8.78 Å². The number of nitrogens with two attached hydrogens (primary N) is 1. The van der Waals surface area contributed by atoms with Gasteiger partial charge in [0.15, 0.2) is 6.30 Å². The molecule has 0 aliphatic carbocycles. The third kappa shape index (κ3) is 2.68. The van der Waals surface area contributed by atoms with Gasteiger partial charge in [-0.15, -0.1) is 0 Å². The molecule has 100 valence electrons. The van der Waals surface area contributed by atoms with Crippen LogP contribution in [0.5, 0.6) is 0 Å². The second-order valence-electron chi connectivity index (χ2n) is 4.33. The monoisotopic (exact) mass is 276 g/mol. The van der Waals surface area contributed by atoms with Gasteiger partial charge in [0, 0.05) is 12.5 Å². The van der Waals surface area contributed by atoms with Crippen molar-refractivity contribution in [2.45, 2.75) is 25.1 Å². The molecular formula is C11H14F2N2O2S. The van der Waals surface area contributed by atoms with E-state index in [0.29, 0.717) is 22.7 Å². The van der Waals surface area contributed by atoms with Gasteiger partial charge in [-0.2, -0.15) is 12.7 Å². The molecular weight excluding hydrogens is 262 g/mol. The van der Waals surface area contributed by atoms with E-state index in [1.807, 2.05) is 0 Å². The summed E-state index contributed by atoms with van der Waals surface area (Å²) in [6.45, 7) is 0.0613. The Morgan fingerprint density at radius 2 is 2.11 bits per heavy atom. The average Bonchev–Trinajstić information content (AvgIpc) is 2.27. The average molecular weight is 276 g/mol. The van der Waals surface area contributed by atoms with Gasteiger partial charge in [0.05, 0.1) is 0 Å². The number of hydrogen-bond acceptors (Lipinski definition) is 2. The van der Waals surface area contributed by atoms with Gasteiger partial charge >= 0.3 is 0 Å². The lowest BCUT2D eigenvalue weighted by molar-refractivity contribution is 0.0969. The third-order valence-corrected chi connectivity index (χ3v) is 4.14. The number of benzene rings is 1. The quantitative estimate of drug-likeness (QED) is 0.832. The molecule has 2 rings (SSSR count). The molecule has 1 heterocycles. The maximum absolute atomic E-state index is 14.2. The van der Waals surface area contributed by atoms with Crippen LogP contribution in [-0.2, 0) is 10.2 Å². The van der Waals surface area contributed by atoms with Crippen molar-refractivity contribution in [2.75, 3.05) is 6.54 Å². The molecule has 2 N–H and O–H groups in total. The number of nitrogens with zero attached hydrogens (tertiary/aromatic N) is 1. The lowest BCUT2D eigenvalue weighted by Gasteiger charge is -2.34. The van der Waals surface area contributed by atoms with Crippen molar-refractivity contribution >= 4 is 10.2 Å². The molecule has 1 aromatic carbocycles. The summed E-state index contributed by atoms with van der Waals surface area (Å²) in [6.07, 6.45) is -0.773. The molecule has 1 aromatic rings. The van der Waals surface area contributed by atoms with E-state index in [1.165, 1.54) is 18.2 Å². The van der Waals surface area contributed by atoms with E-state index in [1.54, 1.807) is 6.07 Å². The van der Waals surface area contributed by atoms with Gasteiger partial charge < -0.3 is 0 Å². The predicted octanol–water partition coefficient (Wildman–Crippen LogP) is 1.50. The van der Waals surface area contributed by atoms with Crippen molar-refractivity contribution in [3.8, 4) is 0 Å². The molecule has 0 saturated carbocycles. The van der Waals surface area contributed by atoms with Gasteiger partial charge in [-0.3, -0.25) is 0 Å². The highest BCUT2D eigenvalue weighted by Gasteiger charge is 2.37. The smallest absolute Gasteiger partial charge is 0.228 e. The number of hydrogen-bond donors (Lipinski definition) is 1. The van der Waals surface area contributed by atoms with Crippen LogP contribution in [-0.4, -0.2) is 25.6 Å².